The van der Waals surface area contributed by atoms with E-state index >= 15 is 0 Å². The van der Waals surface area contributed by atoms with Gasteiger partial charge in [0, 0.05) is 4.88 Å². The largest absolute Gasteiger partial charge is 0.465 e. The van der Waals surface area contributed by atoms with Crippen LogP contribution >= 0.6 is 34.9 Å². The van der Waals surface area contributed by atoms with E-state index in [9.17, 15) is 9.59 Å². The lowest BCUT2D eigenvalue weighted by molar-refractivity contribution is 0.0525. The van der Waals surface area contributed by atoms with Crippen LogP contribution in [-0.2, 0) is 22.3 Å². The average Bonchev–Trinajstić information content (AvgIpc) is 3.25. The van der Waals surface area contributed by atoms with Crippen LogP contribution in [0.4, 0.5) is 10.7 Å². The van der Waals surface area contributed by atoms with Gasteiger partial charge in [0.25, 0.3) is 0 Å². The number of aryl methyl sites for hydroxylation is 1. The second-order valence-electron chi connectivity index (χ2n) is 5.87. The summed E-state index contributed by atoms with van der Waals surface area (Å²) in [5.74, 6) is -0.748. The molecule has 0 aromatic carbocycles. The molecule has 0 radical (unpaired) electrons. The lowest BCUT2D eigenvalue weighted by atomic mass is 9.95. The normalized spacial score (nSPS) is 12.8. The highest BCUT2D eigenvalue weighted by atomic mass is 32.1. The molecule has 0 saturated carbocycles. The van der Waals surface area contributed by atoms with Crippen molar-refractivity contribution in [1.82, 2.24) is 0 Å². The number of esters is 2. The standard InChI is InChI=1S/C18H20N2O4S3/c1-3-24-16(21)13-10-6-4-5-7-12(10)27-15(13)20-18(25)19-11-8-9-26-14(11)17(22)23-2/h8-9H,3-7H2,1-2H3,(H2,19,20,25). The Morgan fingerprint density at radius 2 is 2.00 bits per heavy atom. The van der Waals surface area contributed by atoms with Gasteiger partial charge in [-0.2, -0.15) is 0 Å². The fourth-order valence-electron chi connectivity index (χ4n) is 2.99. The smallest absolute Gasteiger partial charge is 0.350 e. The van der Waals surface area contributed by atoms with Crippen molar-refractivity contribution in [2.75, 3.05) is 24.4 Å². The van der Waals surface area contributed by atoms with Crippen molar-refractivity contribution < 1.29 is 19.1 Å². The third kappa shape index (κ3) is 4.31. The minimum atomic E-state index is -0.422. The molecular formula is C18H20N2O4S3. The van der Waals surface area contributed by atoms with Gasteiger partial charge in [0.15, 0.2) is 5.11 Å². The Kier molecular flexibility index (Phi) is 6.46. The van der Waals surface area contributed by atoms with E-state index in [1.165, 1.54) is 23.3 Å². The van der Waals surface area contributed by atoms with Crippen LogP contribution < -0.4 is 10.6 Å². The molecule has 1 aliphatic carbocycles. The van der Waals surface area contributed by atoms with Crippen LogP contribution in [0.25, 0.3) is 0 Å². The Hall–Kier alpha value is -1.97. The quantitative estimate of drug-likeness (QED) is 0.542. The average molecular weight is 425 g/mol. The molecule has 2 aromatic rings. The van der Waals surface area contributed by atoms with Crippen LogP contribution in [0.1, 0.15) is 50.2 Å². The van der Waals surface area contributed by atoms with Gasteiger partial charge in [-0.3, -0.25) is 0 Å². The summed E-state index contributed by atoms with van der Waals surface area (Å²) in [7, 11) is 1.34. The topological polar surface area (TPSA) is 76.7 Å². The molecule has 0 bridgehead atoms. The number of hydrogen-bond donors (Lipinski definition) is 2. The number of methoxy groups -OCH3 is 1. The first-order chi connectivity index (χ1) is 13.0. The van der Waals surface area contributed by atoms with E-state index in [2.05, 4.69) is 10.6 Å². The van der Waals surface area contributed by atoms with Crippen LogP contribution in [0, 0.1) is 0 Å². The Morgan fingerprint density at radius 3 is 2.74 bits per heavy atom. The summed E-state index contributed by atoms with van der Waals surface area (Å²) < 4.78 is 10.0. The van der Waals surface area contributed by atoms with Crippen molar-refractivity contribution in [3.63, 3.8) is 0 Å². The van der Waals surface area contributed by atoms with Gasteiger partial charge in [-0.1, -0.05) is 0 Å². The maximum atomic E-state index is 12.5. The maximum Gasteiger partial charge on any atom is 0.350 e. The van der Waals surface area contributed by atoms with Crippen molar-refractivity contribution in [1.29, 1.82) is 0 Å². The summed E-state index contributed by atoms with van der Waals surface area (Å²) >= 11 is 8.22. The molecule has 3 rings (SSSR count). The first-order valence-corrected chi connectivity index (χ1v) is 10.7. The fourth-order valence-corrected chi connectivity index (χ4v) is 5.31. The van der Waals surface area contributed by atoms with Gasteiger partial charge in [-0.05, 0) is 61.8 Å². The second-order valence-corrected chi connectivity index (χ2v) is 8.30. The van der Waals surface area contributed by atoms with E-state index in [1.807, 2.05) is 0 Å². The predicted octanol–water partition coefficient (Wildman–Crippen LogP) is 4.46. The lowest BCUT2D eigenvalue weighted by Crippen LogP contribution is -2.21. The number of thiophene rings is 2. The maximum absolute atomic E-state index is 12.5. The molecule has 0 spiro atoms. The van der Waals surface area contributed by atoms with Crippen molar-refractivity contribution in [2.45, 2.75) is 32.6 Å². The number of hydrogen-bond acceptors (Lipinski definition) is 7. The molecule has 0 aliphatic heterocycles. The third-order valence-corrected chi connectivity index (χ3v) is 6.47. The van der Waals surface area contributed by atoms with Crippen LogP contribution in [0.15, 0.2) is 11.4 Å². The van der Waals surface area contributed by atoms with Gasteiger partial charge in [0.05, 0.1) is 25.0 Å². The van der Waals surface area contributed by atoms with Crippen molar-refractivity contribution in [3.8, 4) is 0 Å². The first-order valence-electron chi connectivity index (χ1n) is 8.60. The van der Waals surface area contributed by atoms with Crippen LogP contribution in [-0.4, -0.2) is 30.8 Å². The number of fused-ring (bicyclic) bond motifs is 1. The van der Waals surface area contributed by atoms with E-state index < -0.39 is 5.97 Å². The monoisotopic (exact) mass is 424 g/mol. The molecule has 2 aromatic heterocycles. The van der Waals surface area contributed by atoms with Gasteiger partial charge in [-0.25, -0.2) is 9.59 Å². The number of rotatable bonds is 5. The molecule has 2 heterocycles. The number of ether oxygens (including phenoxy) is 2. The molecule has 27 heavy (non-hydrogen) atoms. The summed E-state index contributed by atoms with van der Waals surface area (Å²) in [6.45, 7) is 2.11. The van der Waals surface area contributed by atoms with Crippen molar-refractivity contribution in [2.24, 2.45) is 0 Å². The SMILES string of the molecule is CCOC(=O)c1c(NC(=S)Nc2ccsc2C(=O)OC)sc2c1CCCC2. The highest BCUT2D eigenvalue weighted by Gasteiger charge is 2.27. The van der Waals surface area contributed by atoms with Gasteiger partial charge in [0.1, 0.15) is 9.88 Å². The second kappa shape index (κ2) is 8.81. The minimum Gasteiger partial charge on any atom is -0.465 e. The Bertz CT molecular complexity index is 872. The number of thiocarbonyl (C=S) groups is 1. The summed E-state index contributed by atoms with van der Waals surface area (Å²) in [5, 5.41) is 8.92. The summed E-state index contributed by atoms with van der Waals surface area (Å²) in [4.78, 5) is 26.0. The van der Waals surface area contributed by atoms with E-state index in [0.29, 0.717) is 32.8 Å². The summed E-state index contributed by atoms with van der Waals surface area (Å²) in [6.07, 6.45) is 4.02. The Balaban J connectivity index is 1.82. The zero-order valence-electron chi connectivity index (χ0n) is 15.0. The molecule has 0 saturated heterocycles. The van der Waals surface area contributed by atoms with Crippen molar-refractivity contribution in [3.05, 3.63) is 32.3 Å². The zero-order valence-corrected chi connectivity index (χ0v) is 17.5. The lowest BCUT2D eigenvalue weighted by Gasteiger charge is -2.13. The number of anilines is 2. The molecule has 1 aliphatic rings. The molecular weight excluding hydrogens is 404 g/mol. The molecule has 0 unspecified atom stereocenters. The predicted molar refractivity (Wildman–Crippen MR) is 112 cm³/mol. The third-order valence-electron chi connectivity index (χ3n) is 4.16. The Labute approximate surface area is 170 Å². The highest BCUT2D eigenvalue weighted by Crippen LogP contribution is 2.38. The molecule has 0 atom stereocenters. The highest BCUT2D eigenvalue weighted by molar-refractivity contribution is 7.80. The van der Waals surface area contributed by atoms with E-state index in [-0.39, 0.29) is 5.97 Å². The van der Waals surface area contributed by atoms with E-state index in [0.717, 1.165) is 31.2 Å². The molecule has 0 fully saturated rings. The number of carbonyl (C=O) groups is 2. The van der Waals surface area contributed by atoms with Crippen LogP contribution in [0.3, 0.4) is 0 Å². The fraction of sp³-hybridized carbons (Fsp3) is 0.389. The van der Waals surface area contributed by atoms with Crippen LogP contribution in [0.5, 0.6) is 0 Å². The molecule has 9 heteroatoms. The van der Waals surface area contributed by atoms with Gasteiger partial charge >= 0.3 is 11.9 Å². The van der Waals surface area contributed by atoms with Crippen LogP contribution in [0.2, 0.25) is 0 Å². The van der Waals surface area contributed by atoms with Gasteiger partial charge in [0.2, 0.25) is 0 Å². The minimum absolute atomic E-state index is 0.308. The van der Waals surface area contributed by atoms with Gasteiger partial charge < -0.3 is 20.1 Å². The van der Waals surface area contributed by atoms with Gasteiger partial charge in [-0.15, -0.1) is 22.7 Å². The molecule has 144 valence electrons. The number of carbonyl (C=O) groups excluding carboxylic acids is 2. The van der Waals surface area contributed by atoms with Crippen molar-refractivity contribution >= 4 is 62.6 Å². The Morgan fingerprint density at radius 1 is 1.22 bits per heavy atom. The summed E-state index contributed by atoms with van der Waals surface area (Å²) in [5.41, 5.74) is 2.23. The molecule has 0 amide bonds. The number of nitrogens with one attached hydrogen (secondary N) is 2. The molecule has 6 nitrogen and oxygen atoms in total. The zero-order chi connectivity index (χ0) is 19.4. The molecule has 2 N–H and O–H groups in total. The van der Waals surface area contributed by atoms with E-state index in [1.54, 1.807) is 29.7 Å². The van der Waals surface area contributed by atoms with E-state index in [4.69, 9.17) is 21.7 Å². The first kappa shape index (κ1) is 19.8. The summed E-state index contributed by atoms with van der Waals surface area (Å²) in [6, 6.07) is 1.76.